The number of imidazole rings is 1. The number of hydrogen-bond donors (Lipinski definition) is 7. The Morgan fingerprint density at radius 1 is 0.430 bits per heavy atom. The minimum atomic E-state index is -1.03. The number of ether oxygens (including phenoxy) is 2. The van der Waals surface area contributed by atoms with E-state index in [-0.39, 0.29) is 12.2 Å². The van der Waals surface area contributed by atoms with Crippen LogP contribution in [0, 0.1) is 41.5 Å². The Morgan fingerprint density at radius 2 is 0.738 bits per heavy atom. The number of aromatic amines is 1. The molecule has 0 saturated carbocycles. The molecule has 13 rings (SSSR count). The normalized spacial score (nSPS) is 10.7. The molecule has 0 bridgehead atoms. The van der Waals surface area contributed by atoms with Gasteiger partial charge in [0.05, 0.1) is 150 Å². The summed E-state index contributed by atoms with van der Waals surface area (Å²) in [4.78, 5) is 54.7. The number of anilines is 8. The van der Waals surface area contributed by atoms with E-state index in [0.717, 1.165) is 67.3 Å². The number of hydrogen-bond acceptors (Lipinski definition) is 17. The Morgan fingerprint density at radius 3 is 1.06 bits per heavy atom. The molecule has 0 fully saturated rings. The van der Waals surface area contributed by atoms with Crippen LogP contribution in [0.25, 0.3) is 44.6 Å². The van der Waals surface area contributed by atoms with E-state index in [1.54, 1.807) is 147 Å². The molecule has 0 aliphatic heterocycles. The number of carbonyl (C=O) groups is 4. The van der Waals surface area contributed by atoms with Gasteiger partial charge in [-0.15, -0.1) is 0 Å². The van der Waals surface area contributed by atoms with Crippen molar-refractivity contribution in [2.75, 3.05) is 27.9 Å². The number of nitrogens with one attached hydrogen (secondary N) is 5. The van der Waals surface area contributed by atoms with Gasteiger partial charge in [0.1, 0.15) is 23.9 Å². The van der Waals surface area contributed by atoms with Crippen LogP contribution in [-0.2, 0) is 16.1 Å². The number of carbonyl (C=O) groups excluding carboxylic acids is 3. The maximum Gasteiger partial charge on any atom is 0.340 e. The van der Waals surface area contributed by atoms with Crippen LogP contribution >= 0.6 is 92.8 Å². The number of halogens is 8. The summed E-state index contributed by atoms with van der Waals surface area (Å²) in [7, 11) is 0. The highest BCUT2D eigenvalue weighted by Crippen LogP contribution is 2.44. The molecule has 107 heavy (non-hydrogen) atoms. The second-order valence-corrected chi connectivity index (χ2v) is 26.7. The summed E-state index contributed by atoms with van der Waals surface area (Å²) in [6.45, 7) is 13.3. The molecule has 0 aliphatic carbocycles. The number of nitrogens with zero attached hydrogens (tertiary/aromatic N) is 4. The molecule has 4 aromatic heterocycles. The number of nitrogens with two attached hydrogens (primary N) is 1. The Labute approximate surface area is 654 Å². The molecule has 546 valence electrons. The predicted octanol–water partition coefficient (Wildman–Crippen LogP) is 23.5. The third-order valence-electron chi connectivity index (χ3n) is 16.1. The first-order chi connectivity index (χ1) is 51.3. The minimum Gasteiger partial charge on any atom is -0.478 e. The van der Waals surface area contributed by atoms with Crippen molar-refractivity contribution in [3.8, 4) is 44.6 Å². The maximum atomic E-state index is 12.7. The number of aromatic carboxylic acids is 1. The quantitative estimate of drug-likeness (QED) is 0.0370. The van der Waals surface area contributed by atoms with Crippen LogP contribution < -0.4 is 27.0 Å². The van der Waals surface area contributed by atoms with Crippen molar-refractivity contribution < 1.29 is 47.3 Å². The van der Waals surface area contributed by atoms with E-state index in [1.807, 2.05) is 84.0 Å². The molecule has 0 aliphatic rings. The van der Waals surface area contributed by atoms with Crippen LogP contribution in [0.5, 0.6) is 0 Å². The summed E-state index contributed by atoms with van der Waals surface area (Å²) in [5, 5.41) is 36.7. The first-order valence-corrected chi connectivity index (χ1v) is 35.4. The van der Waals surface area contributed by atoms with Crippen molar-refractivity contribution >= 4 is 162 Å². The number of carboxylic acid groups (broad SMARTS) is 1. The van der Waals surface area contributed by atoms with Crippen LogP contribution in [0.1, 0.15) is 88.3 Å². The smallest absolute Gasteiger partial charge is 0.340 e. The molecule has 28 heteroatoms. The van der Waals surface area contributed by atoms with Gasteiger partial charge >= 0.3 is 17.9 Å². The van der Waals surface area contributed by atoms with Crippen molar-refractivity contribution in [2.45, 2.75) is 55.1 Å². The van der Waals surface area contributed by atoms with Crippen LogP contribution in [0.2, 0.25) is 40.2 Å². The van der Waals surface area contributed by atoms with Crippen LogP contribution in [-0.4, -0.2) is 61.0 Å². The monoisotopic (exact) mass is 1590 g/mol. The molecule has 0 saturated heterocycles. The zero-order valence-corrected chi connectivity index (χ0v) is 63.9. The molecule has 0 unspecified atom stereocenters. The van der Waals surface area contributed by atoms with Gasteiger partial charge in [-0.25, -0.2) is 19.4 Å². The second-order valence-electron chi connectivity index (χ2n) is 23.5. The van der Waals surface area contributed by atoms with Gasteiger partial charge < -0.3 is 60.1 Å². The van der Waals surface area contributed by atoms with E-state index in [1.165, 1.54) is 6.07 Å². The minimum absolute atomic E-state index is 0.136. The summed E-state index contributed by atoms with van der Waals surface area (Å²) >= 11 is 51.6. The summed E-state index contributed by atoms with van der Waals surface area (Å²) in [5.41, 5.74) is 20.4. The lowest BCUT2D eigenvalue weighted by atomic mass is 10.0. The molecule has 1 amide bonds. The maximum absolute atomic E-state index is 12.7. The van der Waals surface area contributed by atoms with Crippen LogP contribution in [0.3, 0.4) is 0 Å². The van der Waals surface area contributed by atoms with Gasteiger partial charge in [0, 0.05) is 22.3 Å². The molecule has 0 spiro atoms. The number of benzene rings is 9. The van der Waals surface area contributed by atoms with Gasteiger partial charge in [0.15, 0.2) is 0 Å². The first kappa shape index (κ1) is 78.8. The summed E-state index contributed by atoms with van der Waals surface area (Å²) in [6.07, 6.45) is 3.22. The van der Waals surface area contributed by atoms with Crippen molar-refractivity contribution in [1.82, 2.24) is 25.4 Å². The number of carboxylic acids is 1. The number of primary amides is 1. The fourth-order valence-electron chi connectivity index (χ4n) is 11.1. The fraction of sp³-hybridized carbons (Fsp3) is 0.114. The molecule has 13 aromatic rings. The summed E-state index contributed by atoms with van der Waals surface area (Å²) in [6, 6.07) is 51.2. The third-order valence-corrected chi connectivity index (χ3v) is 18.5. The van der Waals surface area contributed by atoms with Crippen molar-refractivity contribution in [3.63, 3.8) is 0 Å². The van der Waals surface area contributed by atoms with E-state index >= 15 is 0 Å². The average Bonchev–Trinajstić information content (AvgIpc) is 1.80. The van der Waals surface area contributed by atoms with Crippen molar-refractivity contribution in [2.24, 2.45) is 5.73 Å². The largest absolute Gasteiger partial charge is 0.478 e. The molecule has 0 radical (unpaired) electrons. The lowest BCUT2D eigenvalue weighted by Gasteiger charge is -2.15. The molecule has 4 heterocycles. The van der Waals surface area contributed by atoms with Gasteiger partial charge in [-0.1, -0.05) is 187 Å². The highest BCUT2D eigenvalue weighted by atomic mass is 35.5. The van der Waals surface area contributed by atoms with Gasteiger partial charge in [-0.2, -0.15) is 0 Å². The SMILES string of the molecule is CCOC(=O)c1ccccc1Nc1c(Cl)cc(-c2c(C)noc2C)cc1Cl.Cc1noc(C)c1-c1cc(Cl)c(Nc2ccccc2C(=O)OCc2ccccc2)c(Cl)c1.Cc1noc(C)c1-c1cc(Cl)c(Nc2ccccc2C(N)=O)c(Cl)c1.O=C(O)c1ccccc1Nc1c(Cl)cc(-c2cnc[nH]2)cc1Cl. The van der Waals surface area contributed by atoms with Gasteiger partial charge in [-0.3, -0.25) is 4.79 Å². The standard InChI is InChI=1S/C25H20Cl2N2O3.C20H18Cl2N2O3.C18H15Cl2N3O2.C16H11Cl2N3O2/c1-15-23(16(2)32-29-15)18-12-20(26)24(21(27)13-18)28-22-11-7-6-10-19(22)25(30)31-14-17-8-4-3-5-9-17;1-4-26-20(25)14-7-5-6-8-17(14)23-19-15(21)9-13(10-16(19)22)18-11(2)24-27-12(18)3;1-9-16(10(2)25-23-9)11-7-13(19)17(14(20)8-11)22-15-6-4-3-5-12(15)18(21)24;17-11-5-9(14-7-19-8-20-14)6-12(18)15(11)21-13-4-2-1-3-10(13)16(22)23/h3-13,28H,14H2,1-2H3;5-10,23H,4H2,1-3H3;3-8,22H,1-2H3,(H2,21,24);1-8,21H,(H,19,20)(H,22,23). The average molecular weight is 1600 g/mol. The predicted molar refractivity (Wildman–Crippen MR) is 424 cm³/mol. The second kappa shape index (κ2) is 36.0. The lowest BCUT2D eigenvalue weighted by molar-refractivity contribution is 0.0472. The van der Waals surface area contributed by atoms with E-state index in [2.05, 4.69) is 46.7 Å². The zero-order chi connectivity index (χ0) is 76.8. The summed E-state index contributed by atoms with van der Waals surface area (Å²) < 4.78 is 26.2. The Bertz CT molecular complexity index is 5270. The number of para-hydroxylation sites is 4. The van der Waals surface area contributed by atoms with E-state index < -0.39 is 23.8 Å². The van der Waals surface area contributed by atoms with E-state index in [4.69, 9.17) is 122 Å². The van der Waals surface area contributed by atoms with E-state index in [0.29, 0.717) is 126 Å². The fourth-order valence-corrected chi connectivity index (χ4v) is 13.5. The third kappa shape index (κ3) is 19.3. The molecular formula is C79H64Cl8N10O10. The number of amides is 1. The van der Waals surface area contributed by atoms with Crippen LogP contribution in [0.15, 0.2) is 202 Å². The Hall–Kier alpha value is -10.8. The Balaban J connectivity index is 0.000000154. The van der Waals surface area contributed by atoms with Gasteiger partial charge in [-0.05, 0) is 168 Å². The molecule has 9 aromatic carbocycles. The topological polar surface area (TPSA) is 288 Å². The number of esters is 2. The Kier molecular flexibility index (Phi) is 26.5. The molecule has 20 nitrogen and oxygen atoms in total. The first-order valence-electron chi connectivity index (χ1n) is 32.4. The van der Waals surface area contributed by atoms with Crippen LogP contribution in [0.4, 0.5) is 45.5 Å². The molecular weight excluding hydrogens is 1530 g/mol. The zero-order valence-electron chi connectivity index (χ0n) is 57.8. The van der Waals surface area contributed by atoms with E-state index in [9.17, 15) is 24.3 Å². The number of aromatic nitrogens is 5. The number of rotatable bonds is 19. The van der Waals surface area contributed by atoms with Crippen molar-refractivity contribution in [3.05, 3.63) is 291 Å². The molecule has 0 atom stereocenters. The number of H-pyrrole nitrogens is 1. The summed E-state index contributed by atoms with van der Waals surface area (Å²) in [5.74, 6) is -0.381. The molecule has 8 N–H and O–H groups in total. The van der Waals surface area contributed by atoms with Gasteiger partial charge in [0.2, 0.25) is 0 Å². The highest BCUT2D eigenvalue weighted by Gasteiger charge is 2.23. The lowest BCUT2D eigenvalue weighted by Crippen LogP contribution is -2.13. The van der Waals surface area contributed by atoms with Gasteiger partial charge in [0.25, 0.3) is 5.91 Å². The number of aryl methyl sites for hydroxylation is 6. The van der Waals surface area contributed by atoms with Crippen molar-refractivity contribution in [1.29, 1.82) is 0 Å². The highest BCUT2D eigenvalue weighted by molar-refractivity contribution is 6.42.